The van der Waals surface area contributed by atoms with E-state index in [1.165, 1.54) is 22.9 Å². The molecular formula is C21H22N2OS2. The summed E-state index contributed by atoms with van der Waals surface area (Å²) in [7, 11) is 0. The molecule has 0 aliphatic carbocycles. The maximum Gasteiger partial charge on any atom is 0.234 e. The molecule has 3 rings (SSSR count). The van der Waals surface area contributed by atoms with Crippen LogP contribution in [0.2, 0.25) is 0 Å². The van der Waals surface area contributed by atoms with E-state index in [1.54, 1.807) is 11.3 Å². The summed E-state index contributed by atoms with van der Waals surface area (Å²) in [6.07, 6.45) is 0.900. The summed E-state index contributed by atoms with van der Waals surface area (Å²) >= 11 is 3.06. The van der Waals surface area contributed by atoms with Gasteiger partial charge in [-0.15, -0.1) is 11.3 Å². The molecule has 0 aliphatic heterocycles. The van der Waals surface area contributed by atoms with E-state index in [1.807, 2.05) is 24.4 Å². The van der Waals surface area contributed by atoms with E-state index in [-0.39, 0.29) is 5.91 Å². The molecule has 0 radical (unpaired) electrons. The minimum absolute atomic E-state index is 0.00564. The quantitative estimate of drug-likeness (QED) is 0.554. The molecule has 5 heteroatoms. The Morgan fingerprint density at radius 2 is 1.92 bits per heavy atom. The number of thiazole rings is 1. The highest BCUT2D eigenvalue weighted by Gasteiger charge is 2.11. The van der Waals surface area contributed by atoms with E-state index in [0.29, 0.717) is 5.75 Å². The van der Waals surface area contributed by atoms with Gasteiger partial charge in [0.1, 0.15) is 0 Å². The molecule has 0 fully saturated rings. The van der Waals surface area contributed by atoms with Crippen molar-refractivity contribution < 1.29 is 4.79 Å². The monoisotopic (exact) mass is 382 g/mol. The van der Waals surface area contributed by atoms with Crippen LogP contribution in [0.5, 0.6) is 0 Å². The predicted molar refractivity (Wildman–Crippen MR) is 112 cm³/mol. The van der Waals surface area contributed by atoms with Gasteiger partial charge in [-0.25, -0.2) is 4.98 Å². The molecule has 0 saturated carbocycles. The highest BCUT2D eigenvalue weighted by Crippen LogP contribution is 2.29. The normalized spacial score (nSPS) is 10.7. The van der Waals surface area contributed by atoms with E-state index in [4.69, 9.17) is 0 Å². The topological polar surface area (TPSA) is 42.0 Å². The van der Waals surface area contributed by atoms with Gasteiger partial charge in [-0.05, 0) is 31.4 Å². The fourth-order valence-corrected chi connectivity index (χ4v) is 4.32. The zero-order chi connectivity index (χ0) is 18.5. The Morgan fingerprint density at radius 3 is 2.65 bits per heavy atom. The van der Waals surface area contributed by atoms with Gasteiger partial charge in [0.2, 0.25) is 5.91 Å². The molecular weight excluding hydrogens is 360 g/mol. The summed E-state index contributed by atoms with van der Waals surface area (Å²) in [5, 5.41) is 5.10. The lowest BCUT2D eigenvalue weighted by atomic mass is 10.1. The second-order valence-corrected chi connectivity index (χ2v) is 8.24. The van der Waals surface area contributed by atoms with Crippen LogP contribution in [0, 0.1) is 13.8 Å². The molecule has 0 unspecified atom stereocenters. The van der Waals surface area contributed by atoms with Crippen molar-refractivity contribution in [2.75, 3.05) is 11.1 Å². The van der Waals surface area contributed by atoms with Crippen molar-refractivity contribution in [2.24, 2.45) is 0 Å². The molecule has 0 spiro atoms. The lowest BCUT2D eigenvalue weighted by Gasteiger charge is -2.12. The number of carbonyl (C=O) groups excluding carboxylic acids is 1. The van der Waals surface area contributed by atoms with Crippen molar-refractivity contribution in [1.29, 1.82) is 0 Å². The fourth-order valence-electron chi connectivity index (χ4n) is 2.69. The summed E-state index contributed by atoms with van der Waals surface area (Å²) in [5.41, 5.74) is 6.51. The van der Waals surface area contributed by atoms with Crippen molar-refractivity contribution in [3.8, 4) is 11.3 Å². The van der Waals surface area contributed by atoms with Gasteiger partial charge in [-0.2, -0.15) is 0 Å². The smallest absolute Gasteiger partial charge is 0.234 e. The number of benzene rings is 2. The van der Waals surface area contributed by atoms with Crippen molar-refractivity contribution in [3.05, 3.63) is 64.5 Å². The average Bonchev–Trinajstić information content (AvgIpc) is 3.11. The molecule has 26 heavy (non-hydrogen) atoms. The predicted octanol–water partition coefficient (Wildman–Crippen LogP) is 5.72. The Kier molecular flexibility index (Phi) is 6.12. The second-order valence-electron chi connectivity index (χ2n) is 6.16. The Bertz CT molecular complexity index is 901. The minimum atomic E-state index is 0.00564. The van der Waals surface area contributed by atoms with Crippen molar-refractivity contribution in [2.45, 2.75) is 31.5 Å². The van der Waals surface area contributed by atoms with Gasteiger partial charge in [-0.1, -0.05) is 66.7 Å². The first-order chi connectivity index (χ1) is 12.6. The molecule has 0 bridgehead atoms. The number of rotatable bonds is 6. The standard InChI is InChI=1S/C21H22N2OS2/c1-4-16-7-5-6-15(3)20(16)23-19(24)13-26-21-22-18(12-25-21)17-10-8-14(2)9-11-17/h5-12H,4,13H2,1-3H3,(H,23,24). The van der Waals surface area contributed by atoms with Crippen LogP contribution < -0.4 is 5.32 Å². The first-order valence-corrected chi connectivity index (χ1v) is 10.5. The van der Waals surface area contributed by atoms with Gasteiger partial charge in [0.05, 0.1) is 11.4 Å². The zero-order valence-corrected chi connectivity index (χ0v) is 16.8. The lowest BCUT2D eigenvalue weighted by molar-refractivity contribution is -0.113. The number of para-hydroxylation sites is 1. The molecule has 3 aromatic rings. The Hall–Kier alpha value is -2.11. The summed E-state index contributed by atoms with van der Waals surface area (Å²) in [5.74, 6) is 0.365. The van der Waals surface area contributed by atoms with E-state index in [2.05, 4.69) is 54.5 Å². The second kappa shape index (κ2) is 8.52. The minimum Gasteiger partial charge on any atom is -0.325 e. The number of hydrogen-bond donors (Lipinski definition) is 1. The van der Waals surface area contributed by atoms with E-state index >= 15 is 0 Å². The third kappa shape index (κ3) is 4.54. The van der Waals surface area contributed by atoms with Crippen molar-refractivity contribution in [1.82, 2.24) is 4.98 Å². The van der Waals surface area contributed by atoms with Crippen LogP contribution in [0.15, 0.2) is 52.2 Å². The van der Waals surface area contributed by atoms with Gasteiger partial charge in [0.25, 0.3) is 0 Å². The van der Waals surface area contributed by atoms with Crippen molar-refractivity contribution in [3.63, 3.8) is 0 Å². The largest absolute Gasteiger partial charge is 0.325 e. The molecule has 1 N–H and O–H groups in total. The number of nitrogens with one attached hydrogen (secondary N) is 1. The highest BCUT2D eigenvalue weighted by atomic mass is 32.2. The number of amides is 1. The molecule has 1 heterocycles. The molecule has 1 aromatic heterocycles. The Balaban J connectivity index is 1.61. The maximum atomic E-state index is 12.4. The first kappa shape index (κ1) is 18.7. The summed E-state index contributed by atoms with van der Waals surface area (Å²) < 4.78 is 0.913. The van der Waals surface area contributed by atoms with Crippen LogP contribution in [0.3, 0.4) is 0 Å². The molecule has 2 aromatic carbocycles. The average molecular weight is 383 g/mol. The van der Waals surface area contributed by atoms with Gasteiger partial charge < -0.3 is 5.32 Å². The molecule has 134 valence electrons. The lowest BCUT2D eigenvalue weighted by Crippen LogP contribution is -2.16. The SMILES string of the molecule is CCc1cccc(C)c1NC(=O)CSc1nc(-c2ccc(C)cc2)cs1. The van der Waals surface area contributed by atoms with Crippen LogP contribution in [-0.2, 0) is 11.2 Å². The molecule has 0 aliphatic rings. The van der Waals surface area contributed by atoms with Crippen LogP contribution >= 0.6 is 23.1 Å². The number of aryl methyl sites for hydroxylation is 3. The third-order valence-corrected chi connectivity index (χ3v) is 6.18. The maximum absolute atomic E-state index is 12.4. The molecule has 3 nitrogen and oxygen atoms in total. The summed E-state index contributed by atoms with van der Waals surface area (Å²) in [6.45, 7) is 6.20. The Morgan fingerprint density at radius 1 is 1.15 bits per heavy atom. The van der Waals surface area contributed by atoms with Gasteiger partial charge in [-0.3, -0.25) is 4.79 Å². The zero-order valence-electron chi connectivity index (χ0n) is 15.2. The van der Waals surface area contributed by atoms with Crippen LogP contribution in [0.25, 0.3) is 11.3 Å². The fraction of sp³-hybridized carbons (Fsp3) is 0.238. The first-order valence-electron chi connectivity index (χ1n) is 8.60. The Labute approximate surface area is 162 Å². The summed E-state index contributed by atoms with van der Waals surface area (Å²) in [6, 6.07) is 14.4. The third-order valence-electron chi connectivity index (χ3n) is 4.16. The number of hydrogen-bond acceptors (Lipinski definition) is 4. The van der Waals surface area contributed by atoms with E-state index in [9.17, 15) is 4.79 Å². The number of nitrogens with zero attached hydrogens (tertiary/aromatic N) is 1. The molecule has 0 atom stereocenters. The van der Waals surface area contributed by atoms with E-state index in [0.717, 1.165) is 33.3 Å². The van der Waals surface area contributed by atoms with Crippen LogP contribution in [-0.4, -0.2) is 16.6 Å². The number of thioether (sulfide) groups is 1. The number of aromatic nitrogens is 1. The van der Waals surface area contributed by atoms with Crippen molar-refractivity contribution >= 4 is 34.7 Å². The molecule has 1 amide bonds. The number of anilines is 1. The van der Waals surface area contributed by atoms with Crippen LogP contribution in [0.1, 0.15) is 23.6 Å². The van der Waals surface area contributed by atoms with Gasteiger partial charge in [0, 0.05) is 16.6 Å². The van der Waals surface area contributed by atoms with Gasteiger partial charge in [0.15, 0.2) is 4.34 Å². The number of carbonyl (C=O) groups is 1. The van der Waals surface area contributed by atoms with E-state index < -0.39 is 0 Å². The van der Waals surface area contributed by atoms with Crippen LogP contribution in [0.4, 0.5) is 5.69 Å². The molecule has 0 saturated heterocycles. The van der Waals surface area contributed by atoms with Gasteiger partial charge >= 0.3 is 0 Å². The summed E-state index contributed by atoms with van der Waals surface area (Å²) in [4.78, 5) is 17.0. The highest BCUT2D eigenvalue weighted by molar-refractivity contribution is 8.01.